The van der Waals surface area contributed by atoms with Gasteiger partial charge in [0.15, 0.2) is 21.3 Å². The first-order chi connectivity index (χ1) is 12.0. The molecule has 25 heavy (non-hydrogen) atoms. The summed E-state index contributed by atoms with van der Waals surface area (Å²) in [7, 11) is -0.149. The minimum atomic E-state index is -3.15. The van der Waals surface area contributed by atoms with Crippen molar-refractivity contribution in [3.05, 3.63) is 23.8 Å². The van der Waals surface area contributed by atoms with E-state index < -0.39 is 15.1 Å². The van der Waals surface area contributed by atoms with Crippen LogP contribution in [0, 0.1) is 0 Å². The Kier molecular flexibility index (Phi) is 5.22. The fourth-order valence-electron chi connectivity index (χ4n) is 3.70. The van der Waals surface area contributed by atoms with E-state index in [1.165, 1.54) is 14.2 Å². The molecule has 1 heterocycles. The average Bonchev–Trinajstić information content (AvgIpc) is 2.60. The first-order valence-corrected chi connectivity index (χ1v) is 10.3. The van der Waals surface area contributed by atoms with Crippen LogP contribution in [0.5, 0.6) is 11.5 Å². The van der Waals surface area contributed by atoms with Crippen LogP contribution in [0.15, 0.2) is 18.2 Å². The Morgan fingerprint density at radius 3 is 2.32 bits per heavy atom. The van der Waals surface area contributed by atoms with Crippen LogP contribution in [0.1, 0.15) is 42.5 Å². The number of carbonyl (C=O) groups is 1. The molecule has 0 radical (unpaired) electrons. The Labute approximate surface area is 149 Å². The summed E-state index contributed by atoms with van der Waals surface area (Å²) >= 11 is 0. The Morgan fingerprint density at radius 2 is 1.72 bits per heavy atom. The highest BCUT2D eigenvalue weighted by atomic mass is 32.2. The van der Waals surface area contributed by atoms with Crippen LogP contribution in [0.3, 0.4) is 0 Å². The van der Waals surface area contributed by atoms with Crippen molar-refractivity contribution in [1.29, 1.82) is 0 Å². The van der Waals surface area contributed by atoms with Crippen molar-refractivity contribution in [2.75, 3.05) is 27.3 Å². The largest absolute Gasteiger partial charge is 0.493 e. The van der Waals surface area contributed by atoms with E-state index in [-0.39, 0.29) is 24.2 Å². The van der Waals surface area contributed by atoms with Crippen molar-refractivity contribution in [3.63, 3.8) is 0 Å². The predicted octanol–water partition coefficient (Wildman–Crippen LogP) is 2.28. The van der Waals surface area contributed by atoms with Crippen molar-refractivity contribution in [1.82, 2.24) is 4.90 Å². The second kappa shape index (κ2) is 7.23. The van der Waals surface area contributed by atoms with Gasteiger partial charge in [-0.2, -0.15) is 0 Å². The summed E-state index contributed by atoms with van der Waals surface area (Å²) in [5.74, 6) is 0.652. The highest BCUT2D eigenvalue weighted by Gasteiger charge is 2.44. The standard InChI is InChI=1S/C18H25NO5S/c1-23-16-10-6-9-15(17(16)24-2)18(20)19-11-14(12-19)25(21,22)13-7-4-3-5-8-13/h6,9-10,13-14H,3-5,7-8,11-12H2,1-2H3. The maximum atomic E-state index is 12.7. The number of hydrogen-bond donors (Lipinski definition) is 0. The molecular formula is C18H25NO5S. The number of benzene rings is 1. The van der Waals surface area contributed by atoms with Gasteiger partial charge in [-0.25, -0.2) is 8.42 Å². The summed E-state index contributed by atoms with van der Waals surface area (Å²) < 4.78 is 36.0. The van der Waals surface area contributed by atoms with Crippen molar-refractivity contribution < 1.29 is 22.7 Å². The average molecular weight is 367 g/mol. The van der Waals surface area contributed by atoms with Crippen LogP contribution in [-0.2, 0) is 9.84 Å². The number of nitrogens with zero attached hydrogens (tertiary/aromatic N) is 1. The van der Waals surface area contributed by atoms with E-state index in [0.717, 1.165) is 32.1 Å². The molecule has 1 aliphatic carbocycles. The lowest BCUT2D eigenvalue weighted by Gasteiger charge is -2.41. The zero-order valence-corrected chi connectivity index (χ0v) is 15.5. The Balaban J connectivity index is 1.69. The maximum Gasteiger partial charge on any atom is 0.257 e. The van der Waals surface area contributed by atoms with Gasteiger partial charge in [-0.05, 0) is 25.0 Å². The number of likely N-dealkylation sites (tertiary alicyclic amines) is 1. The number of para-hydroxylation sites is 1. The maximum absolute atomic E-state index is 12.7. The Bertz CT molecular complexity index is 734. The lowest BCUT2D eigenvalue weighted by molar-refractivity contribution is 0.0654. The van der Waals surface area contributed by atoms with Crippen LogP contribution >= 0.6 is 0 Å². The second-order valence-corrected chi connectivity index (χ2v) is 9.23. The smallest absolute Gasteiger partial charge is 0.257 e. The number of carbonyl (C=O) groups excluding carboxylic acids is 1. The molecule has 1 saturated heterocycles. The quantitative estimate of drug-likeness (QED) is 0.798. The highest BCUT2D eigenvalue weighted by molar-refractivity contribution is 7.92. The summed E-state index contributed by atoms with van der Waals surface area (Å²) in [6.45, 7) is 0.524. The van der Waals surface area contributed by atoms with Gasteiger partial charge in [0.25, 0.3) is 5.91 Å². The summed E-state index contributed by atoms with van der Waals surface area (Å²) in [5.41, 5.74) is 0.398. The molecule has 2 aliphatic rings. The topological polar surface area (TPSA) is 72.9 Å². The molecule has 0 aromatic heterocycles. The summed E-state index contributed by atoms with van der Waals surface area (Å²) in [6.07, 6.45) is 4.62. The molecule has 1 aromatic carbocycles. The van der Waals surface area contributed by atoms with Crippen LogP contribution in [-0.4, -0.2) is 57.0 Å². The van der Waals surface area contributed by atoms with Gasteiger partial charge >= 0.3 is 0 Å². The molecule has 1 aliphatic heterocycles. The van der Waals surface area contributed by atoms with Crippen LogP contribution in [0.2, 0.25) is 0 Å². The fourth-order valence-corrected chi connectivity index (χ4v) is 6.01. The van der Waals surface area contributed by atoms with Gasteiger partial charge in [0.2, 0.25) is 0 Å². The van der Waals surface area contributed by atoms with E-state index in [0.29, 0.717) is 17.1 Å². The van der Waals surface area contributed by atoms with Gasteiger partial charge in [-0.3, -0.25) is 4.79 Å². The van der Waals surface area contributed by atoms with E-state index >= 15 is 0 Å². The molecule has 1 aromatic rings. The van der Waals surface area contributed by atoms with Gasteiger partial charge in [-0.1, -0.05) is 25.3 Å². The fraction of sp³-hybridized carbons (Fsp3) is 0.611. The molecule has 0 N–H and O–H groups in total. The zero-order chi connectivity index (χ0) is 18.0. The van der Waals surface area contributed by atoms with Crippen LogP contribution in [0.4, 0.5) is 0 Å². The number of sulfone groups is 1. The summed E-state index contributed by atoms with van der Waals surface area (Å²) in [5, 5.41) is -0.661. The summed E-state index contributed by atoms with van der Waals surface area (Å²) in [6, 6.07) is 5.12. The van der Waals surface area contributed by atoms with E-state index in [2.05, 4.69) is 0 Å². The van der Waals surface area contributed by atoms with Gasteiger partial charge < -0.3 is 14.4 Å². The molecule has 6 nitrogen and oxygen atoms in total. The van der Waals surface area contributed by atoms with Crippen molar-refractivity contribution in [2.24, 2.45) is 0 Å². The molecule has 0 unspecified atom stereocenters. The monoisotopic (exact) mass is 367 g/mol. The number of ether oxygens (including phenoxy) is 2. The van der Waals surface area contributed by atoms with Crippen molar-refractivity contribution in [3.8, 4) is 11.5 Å². The van der Waals surface area contributed by atoms with Gasteiger partial charge in [-0.15, -0.1) is 0 Å². The second-order valence-electron chi connectivity index (χ2n) is 6.72. The molecule has 0 bridgehead atoms. The number of methoxy groups -OCH3 is 2. The summed E-state index contributed by atoms with van der Waals surface area (Å²) in [4.78, 5) is 14.3. The lowest BCUT2D eigenvalue weighted by Crippen LogP contribution is -2.58. The third-order valence-corrected chi connectivity index (χ3v) is 7.88. The molecular weight excluding hydrogens is 342 g/mol. The minimum Gasteiger partial charge on any atom is -0.493 e. The molecule has 2 fully saturated rings. The molecule has 3 rings (SSSR count). The van der Waals surface area contributed by atoms with Crippen molar-refractivity contribution in [2.45, 2.75) is 42.6 Å². The first-order valence-electron chi connectivity index (χ1n) is 8.72. The molecule has 1 amide bonds. The third kappa shape index (κ3) is 3.34. The minimum absolute atomic E-state index is 0.217. The zero-order valence-electron chi connectivity index (χ0n) is 14.7. The van der Waals surface area contributed by atoms with E-state index in [4.69, 9.17) is 9.47 Å². The normalized spacial score (nSPS) is 19.4. The first kappa shape index (κ1) is 18.0. The van der Waals surface area contributed by atoms with E-state index in [1.807, 2.05) is 0 Å². The molecule has 1 saturated carbocycles. The Morgan fingerprint density at radius 1 is 1.04 bits per heavy atom. The lowest BCUT2D eigenvalue weighted by atomic mass is 10.0. The Hall–Kier alpha value is -1.76. The molecule has 138 valence electrons. The van der Waals surface area contributed by atoms with E-state index in [9.17, 15) is 13.2 Å². The predicted molar refractivity (Wildman–Crippen MR) is 95.0 cm³/mol. The van der Waals surface area contributed by atoms with Crippen LogP contribution < -0.4 is 9.47 Å². The molecule has 0 atom stereocenters. The van der Waals surface area contributed by atoms with Gasteiger partial charge in [0, 0.05) is 13.1 Å². The number of amides is 1. The number of rotatable bonds is 5. The third-order valence-electron chi connectivity index (χ3n) is 5.25. The van der Waals surface area contributed by atoms with Crippen LogP contribution in [0.25, 0.3) is 0 Å². The number of hydrogen-bond acceptors (Lipinski definition) is 5. The van der Waals surface area contributed by atoms with Gasteiger partial charge in [0.1, 0.15) is 0 Å². The highest BCUT2D eigenvalue weighted by Crippen LogP contribution is 2.34. The molecule has 0 spiro atoms. The molecule has 7 heteroatoms. The van der Waals surface area contributed by atoms with Crippen molar-refractivity contribution >= 4 is 15.7 Å². The van der Waals surface area contributed by atoms with Gasteiger partial charge in [0.05, 0.1) is 30.3 Å². The van der Waals surface area contributed by atoms with E-state index in [1.54, 1.807) is 23.1 Å². The SMILES string of the molecule is COc1cccc(C(=O)N2CC(S(=O)(=O)C3CCCCC3)C2)c1OC.